The summed E-state index contributed by atoms with van der Waals surface area (Å²) >= 11 is 0. The molecule has 0 bridgehead atoms. The molecule has 2 rings (SSSR count). The molecule has 0 saturated carbocycles. The highest BCUT2D eigenvalue weighted by Gasteiger charge is 2.14. The van der Waals surface area contributed by atoms with Gasteiger partial charge in [0.2, 0.25) is 0 Å². The van der Waals surface area contributed by atoms with Gasteiger partial charge in [-0.2, -0.15) is 0 Å². The number of hydrogen-bond donors (Lipinski definition) is 2. The summed E-state index contributed by atoms with van der Waals surface area (Å²) in [5, 5.41) is 11.6. The fraction of sp³-hybridized carbons (Fsp3) is 0.368. The first-order chi connectivity index (χ1) is 11.5. The number of benzene rings is 1. The largest absolute Gasteiger partial charge is 0.396 e. The van der Waals surface area contributed by atoms with Gasteiger partial charge < -0.3 is 15.0 Å². The van der Waals surface area contributed by atoms with Gasteiger partial charge in [0.1, 0.15) is 5.56 Å². The first-order valence-corrected chi connectivity index (χ1v) is 8.18. The highest BCUT2D eigenvalue weighted by atomic mass is 16.3. The number of aryl methyl sites for hydroxylation is 1. The molecular formula is C19H24N2O3. The number of aliphatic hydroxyl groups excluding tert-OH is 1. The third-order valence-electron chi connectivity index (χ3n) is 3.87. The van der Waals surface area contributed by atoms with E-state index in [-0.39, 0.29) is 29.7 Å². The van der Waals surface area contributed by atoms with Gasteiger partial charge in [-0.1, -0.05) is 29.8 Å². The van der Waals surface area contributed by atoms with E-state index in [1.54, 1.807) is 22.9 Å². The molecule has 1 heterocycles. The van der Waals surface area contributed by atoms with E-state index in [1.165, 1.54) is 0 Å². The average Bonchev–Trinajstić information content (AvgIpc) is 2.55. The van der Waals surface area contributed by atoms with Crippen LogP contribution in [-0.2, 0) is 6.54 Å². The molecule has 1 aromatic carbocycles. The van der Waals surface area contributed by atoms with Gasteiger partial charge in [0.25, 0.3) is 11.5 Å². The number of hydrogen-bond acceptors (Lipinski definition) is 3. The second-order valence-corrected chi connectivity index (χ2v) is 6.08. The molecule has 128 valence electrons. The first kappa shape index (κ1) is 17.9. The monoisotopic (exact) mass is 328 g/mol. The lowest BCUT2D eigenvalue weighted by Gasteiger charge is -2.14. The lowest BCUT2D eigenvalue weighted by molar-refractivity contribution is 0.0934. The van der Waals surface area contributed by atoms with Crippen LogP contribution in [0.2, 0.25) is 0 Å². The van der Waals surface area contributed by atoms with Gasteiger partial charge in [-0.15, -0.1) is 0 Å². The van der Waals surface area contributed by atoms with Gasteiger partial charge >= 0.3 is 0 Å². The van der Waals surface area contributed by atoms with E-state index in [1.807, 2.05) is 38.1 Å². The van der Waals surface area contributed by atoms with Gasteiger partial charge in [-0.05, 0) is 44.4 Å². The molecule has 2 aromatic rings. The Balaban J connectivity index is 2.15. The summed E-state index contributed by atoms with van der Waals surface area (Å²) in [6.45, 7) is 4.39. The Kier molecular flexibility index (Phi) is 6.32. The Morgan fingerprint density at radius 2 is 2.08 bits per heavy atom. The number of nitrogens with one attached hydrogen (secondary N) is 1. The molecule has 5 heteroatoms. The van der Waals surface area contributed by atoms with Crippen molar-refractivity contribution in [2.45, 2.75) is 39.3 Å². The van der Waals surface area contributed by atoms with Crippen LogP contribution in [0.3, 0.4) is 0 Å². The SMILES string of the molecule is Cc1cccc(Cn2cccc(C(=O)NC(C)CCCO)c2=O)c1. The maximum absolute atomic E-state index is 12.6. The van der Waals surface area contributed by atoms with Gasteiger partial charge in [-0.3, -0.25) is 9.59 Å². The van der Waals surface area contributed by atoms with Crippen molar-refractivity contribution in [2.24, 2.45) is 0 Å². The molecule has 0 saturated heterocycles. The number of pyridine rings is 1. The Labute approximate surface area is 142 Å². The predicted octanol–water partition coefficient (Wildman–Crippen LogP) is 2.10. The van der Waals surface area contributed by atoms with Crippen molar-refractivity contribution in [3.63, 3.8) is 0 Å². The molecule has 2 N–H and O–H groups in total. The molecular weight excluding hydrogens is 304 g/mol. The van der Waals surface area contributed by atoms with Crippen LogP contribution >= 0.6 is 0 Å². The summed E-state index contributed by atoms with van der Waals surface area (Å²) in [4.78, 5) is 24.9. The smallest absolute Gasteiger partial charge is 0.263 e. The van der Waals surface area contributed by atoms with Crippen LogP contribution < -0.4 is 10.9 Å². The first-order valence-electron chi connectivity index (χ1n) is 8.18. The molecule has 0 aliphatic rings. The van der Waals surface area contributed by atoms with Crippen LogP contribution in [0.4, 0.5) is 0 Å². The lowest BCUT2D eigenvalue weighted by atomic mass is 10.1. The van der Waals surface area contributed by atoms with Crippen molar-refractivity contribution in [3.05, 3.63) is 69.6 Å². The standard InChI is InChI=1S/C19H24N2O3/c1-14-6-3-8-16(12-14)13-21-10-4-9-17(19(21)24)18(23)20-15(2)7-5-11-22/h3-4,6,8-10,12,15,22H,5,7,11,13H2,1-2H3,(H,20,23). The van der Waals surface area contributed by atoms with Gasteiger partial charge in [-0.25, -0.2) is 0 Å². The van der Waals surface area contributed by atoms with Crippen molar-refractivity contribution in [1.29, 1.82) is 0 Å². The minimum Gasteiger partial charge on any atom is -0.396 e. The van der Waals surface area contributed by atoms with Crippen molar-refractivity contribution in [2.75, 3.05) is 6.61 Å². The fourth-order valence-corrected chi connectivity index (χ4v) is 2.61. The highest BCUT2D eigenvalue weighted by molar-refractivity contribution is 5.93. The van der Waals surface area contributed by atoms with Crippen LogP contribution in [0.15, 0.2) is 47.4 Å². The summed E-state index contributed by atoms with van der Waals surface area (Å²) < 4.78 is 1.54. The molecule has 1 atom stereocenters. The average molecular weight is 328 g/mol. The van der Waals surface area contributed by atoms with E-state index in [9.17, 15) is 9.59 Å². The molecule has 1 aromatic heterocycles. The maximum Gasteiger partial charge on any atom is 0.263 e. The van der Waals surface area contributed by atoms with Crippen LogP contribution in [-0.4, -0.2) is 28.2 Å². The quantitative estimate of drug-likeness (QED) is 0.817. The van der Waals surface area contributed by atoms with E-state index < -0.39 is 0 Å². The molecule has 1 unspecified atom stereocenters. The topological polar surface area (TPSA) is 71.3 Å². The van der Waals surface area contributed by atoms with Gasteiger partial charge in [0.15, 0.2) is 0 Å². The van der Waals surface area contributed by atoms with Gasteiger partial charge in [0.05, 0.1) is 6.54 Å². The molecule has 0 aliphatic heterocycles. The molecule has 5 nitrogen and oxygen atoms in total. The molecule has 0 aliphatic carbocycles. The normalized spacial score (nSPS) is 12.0. The maximum atomic E-state index is 12.6. The summed E-state index contributed by atoms with van der Waals surface area (Å²) in [6.07, 6.45) is 2.98. The third kappa shape index (κ3) is 4.80. The number of nitrogens with zero attached hydrogens (tertiary/aromatic N) is 1. The Morgan fingerprint density at radius 1 is 1.29 bits per heavy atom. The van der Waals surface area contributed by atoms with Crippen molar-refractivity contribution in [3.8, 4) is 0 Å². The van der Waals surface area contributed by atoms with Crippen LogP contribution in [0.1, 0.15) is 41.3 Å². The van der Waals surface area contributed by atoms with Crippen molar-refractivity contribution in [1.82, 2.24) is 9.88 Å². The minimum atomic E-state index is -0.371. The van der Waals surface area contributed by atoms with Crippen molar-refractivity contribution >= 4 is 5.91 Å². The number of carbonyl (C=O) groups excluding carboxylic acids is 1. The van der Waals surface area contributed by atoms with E-state index in [0.29, 0.717) is 19.4 Å². The van der Waals surface area contributed by atoms with E-state index >= 15 is 0 Å². The third-order valence-corrected chi connectivity index (χ3v) is 3.87. The highest BCUT2D eigenvalue weighted by Crippen LogP contribution is 2.06. The Morgan fingerprint density at radius 3 is 2.79 bits per heavy atom. The summed E-state index contributed by atoms with van der Waals surface area (Å²) in [5.41, 5.74) is 1.99. The van der Waals surface area contributed by atoms with Crippen LogP contribution in [0.5, 0.6) is 0 Å². The second-order valence-electron chi connectivity index (χ2n) is 6.08. The number of aliphatic hydroxyl groups is 1. The molecule has 24 heavy (non-hydrogen) atoms. The fourth-order valence-electron chi connectivity index (χ4n) is 2.61. The molecule has 0 spiro atoms. The zero-order chi connectivity index (χ0) is 17.5. The number of amides is 1. The molecule has 0 fully saturated rings. The zero-order valence-corrected chi connectivity index (χ0v) is 14.2. The molecule has 1 amide bonds. The number of aromatic nitrogens is 1. The zero-order valence-electron chi connectivity index (χ0n) is 14.2. The summed E-state index contributed by atoms with van der Waals surface area (Å²) in [6, 6.07) is 11.1. The van der Waals surface area contributed by atoms with Crippen LogP contribution in [0.25, 0.3) is 0 Å². The van der Waals surface area contributed by atoms with E-state index in [2.05, 4.69) is 5.32 Å². The van der Waals surface area contributed by atoms with Crippen molar-refractivity contribution < 1.29 is 9.90 Å². The van der Waals surface area contributed by atoms with E-state index in [4.69, 9.17) is 5.11 Å². The predicted molar refractivity (Wildman–Crippen MR) is 94.2 cm³/mol. The van der Waals surface area contributed by atoms with Gasteiger partial charge in [0, 0.05) is 18.8 Å². The van der Waals surface area contributed by atoms with E-state index in [0.717, 1.165) is 11.1 Å². The Bertz CT molecular complexity index is 752. The Hall–Kier alpha value is -2.40. The lowest BCUT2D eigenvalue weighted by Crippen LogP contribution is -2.37. The number of rotatable bonds is 7. The molecule has 0 radical (unpaired) electrons. The summed E-state index contributed by atoms with van der Waals surface area (Å²) in [7, 11) is 0. The second kappa shape index (κ2) is 8.45. The number of carbonyl (C=O) groups is 1. The minimum absolute atomic E-state index is 0.0884. The summed E-state index contributed by atoms with van der Waals surface area (Å²) in [5.74, 6) is -0.371. The van der Waals surface area contributed by atoms with Crippen LogP contribution in [0, 0.1) is 6.92 Å².